The number of nitrogen functional groups attached to an aromatic ring is 2. The van der Waals surface area contributed by atoms with Crippen LogP contribution >= 0.6 is 22.7 Å². The molecule has 3 heterocycles. The van der Waals surface area contributed by atoms with Crippen molar-refractivity contribution in [2.75, 3.05) is 11.5 Å². The van der Waals surface area contributed by atoms with Gasteiger partial charge >= 0.3 is 22.2 Å². The van der Waals surface area contributed by atoms with Crippen LogP contribution in [0.1, 0.15) is 52.9 Å². The van der Waals surface area contributed by atoms with Crippen LogP contribution in [0.3, 0.4) is 0 Å². The van der Waals surface area contributed by atoms with Gasteiger partial charge in [-0.2, -0.15) is 13.1 Å². The van der Waals surface area contributed by atoms with Crippen LogP contribution in [0.15, 0.2) is 21.1 Å². The summed E-state index contributed by atoms with van der Waals surface area (Å²) in [4.78, 5) is 95.5. The number of carboxylic acids is 2. The van der Waals surface area contributed by atoms with Crippen LogP contribution < -0.4 is 26.8 Å². The summed E-state index contributed by atoms with van der Waals surface area (Å²) in [5.41, 5.74) is 5.85. The molecule has 1 saturated heterocycles. The fourth-order valence-corrected chi connectivity index (χ4v) is 5.69. The van der Waals surface area contributed by atoms with Gasteiger partial charge in [0.1, 0.15) is 23.5 Å². The molecule has 4 amide bonds. The maximum Gasteiger partial charge on any atom is 0.350 e. The fourth-order valence-electron chi connectivity index (χ4n) is 3.99. The van der Waals surface area contributed by atoms with Gasteiger partial charge in [0.05, 0.1) is 12.1 Å². The van der Waals surface area contributed by atoms with Crippen LogP contribution in [0.2, 0.25) is 0 Å². The first-order chi connectivity index (χ1) is 23.9. The molecule has 1 aliphatic rings. The van der Waals surface area contributed by atoms with E-state index < -0.39 is 92.7 Å². The molecule has 1 fully saturated rings. The molecule has 3 rings (SSSR count). The van der Waals surface area contributed by atoms with Gasteiger partial charge < -0.3 is 42.0 Å². The maximum atomic E-state index is 13.8. The number of nitrogens with two attached hydrogens (primary N) is 2. The van der Waals surface area contributed by atoms with Gasteiger partial charge in [-0.25, -0.2) is 19.6 Å². The average Bonchev–Trinajstić information content (AvgIpc) is 3.65. The van der Waals surface area contributed by atoms with Gasteiger partial charge in [0.15, 0.2) is 21.7 Å². The minimum absolute atomic E-state index is 0.0159. The minimum atomic E-state index is -5.01. The van der Waals surface area contributed by atoms with Gasteiger partial charge in [0.25, 0.3) is 23.6 Å². The number of carbonyl (C=O) groups excluding carboxylic acids is 4. The first-order valence-corrected chi connectivity index (χ1v) is 17.7. The number of aromatic nitrogens is 2. The third kappa shape index (κ3) is 9.72. The number of imide groups is 1. The highest BCUT2D eigenvalue weighted by atomic mass is 32.2. The van der Waals surface area contributed by atoms with Gasteiger partial charge in [-0.05, 0) is 41.5 Å². The van der Waals surface area contributed by atoms with Crippen LogP contribution in [0.5, 0.6) is 0 Å². The number of likely N-dealkylation sites (tertiary alicyclic amines) is 1. The molecule has 23 nitrogen and oxygen atoms in total. The lowest BCUT2D eigenvalue weighted by Gasteiger charge is -2.45. The van der Waals surface area contributed by atoms with Crippen LogP contribution in [-0.2, 0) is 48.7 Å². The molecule has 0 aromatic carbocycles. The lowest BCUT2D eigenvalue weighted by Crippen LogP contribution is -2.74. The quantitative estimate of drug-likeness (QED) is 0.0400. The predicted octanol–water partition coefficient (Wildman–Crippen LogP) is -1.86. The van der Waals surface area contributed by atoms with Crippen molar-refractivity contribution in [1.82, 2.24) is 30.2 Å². The molecule has 284 valence electrons. The first kappa shape index (κ1) is 41.1. The number of oxime groups is 2. The number of β-lactam (4-membered cyclic amide) rings is 1. The van der Waals surface area contributed by atoms with E-state index in [4.69, 9.17) is 21.1 Å². The minimum Gasteiger partial charge on any atom is -0.478 e. The van der Waals surface area contributed by atoms with Crippen LogP contribution in [0, 0.1) is 0 Å². The van der Waals surface area contributed by atoms with Crippen molar-refractivity contribution >= 4 is 90.2 Å². The van der Waals surface area contributed by atoms with E-state index in [-0.39, 0.29) is 21.7 Å². The smallest absolute Gasteiger partial charge is 0.350 e. The number of rotatable bonds is 16. The van der Waals surface area contributed by atoms with E-state index in [2.05, 4.69) is 30.9 Å². The highest BCUT2D eigenvalue weighted by Gasteiger charge is 2.52. The number of nitrogens with one attached hydrogen (secondary N) is 3. The van der Waals surface area contributed by atoms with Crippen LogP contribution in [0.4, 0.5) is 10.3 Å². The average molecular weight is 791 g/mol. The Morgan fingerprint density at radius 3 is 1.73 bits per heavy atom. The Bertz CT molecular complexity index is 1940. The number of anilines is 2. The SMILES string of the molecule is C[C@H](NS(=O)(=O)O)[C@H](NC(=O)/C(=N\OC(C)(C)C(=O)O)c1csc(N)n1)C(=O)N1C(=O)[C@@H](NC(=O)/C(=N\OC(C)(C)C(=O)O)c2csc(N)n2)[C@@H]1C. The molecule has 1 aliphatic heterocycles. The Balaban J connectivity index is 1.91. The number of carbonyl (C=O) groups is 6. The second-order valence-corrected chi connectivity index (χ2v) is 14.9. The molecule has 0 unspecified atom stereocenters. The van der Waals surface area contributed by atoms with E-state index in [1.54, 1.807) is 4.72 Å². The number of amides is 4. The molecule has 26 heteroatoms. The van der Waals surface area contributed by atoms with Gasteiger partial charge in [-0.15, -0.1) is 22.7 Å². The Hall–Kier alpha value is -5.31. The maximum absolute atomic E-state index is 13.8. The molecule has 0 saturated carbocycles. The number of aliphatic carboxylic acids is 2. The largest absolute Gasteiger partial charge is 0.478 e. The highest BCUT2D eigenvalue weighted by molar-refractivity contribution is 7.83. The van der Waals surface area contributed by atoms with Crippen molar-refractivity contribution in [2.45, 2.75) is 76.9 Å². The van der Waals surface area contributed by atoms with Crippen LogP contribution in [0.25, 0.3) is 0 Å². The summed E-state index contributed by atoms with van der Waals surface area (Å²) in [6.45, 7) is 6.92. The number of hydrogen-bond acceptors (Lipinski definition) is 18. The fraction of sp³-hybridized carbons (Fsp3) is 0.462. The van der Waals surface area contributed by atoms with Gasteiger partial charge in [-0.3, -0.25) is 28.6 Å². The summed E-state index contributed by atoms with van der Waals surface area (Å²) in [6.07, 6.45) is 0. The molecule has 0 radical (unpaired) electrons. The molecular formula is C26H34N10O13S3. The predicted molar refractivity (Wildman–Crippen MR) is 181 cm³/mol. The lowest BCUT2D eigenvalue weighted by molar-refractivity contribution is -0.164. The molecule has 4 atom stereocenters. The van der Waals surface area contributed by atoms with E-state index in [0.717, 1.165) is 57.3 Å². The summed E-state index contributed by atoms with van der Waals surface area (Å²) in [7, 11) is -5.01. The molecule has 2 aromatic heterocycles. The molecule has 0 spiro atoms. The Labute approximate surface area is 302 Å². The third-order valence-electron chi connectivity index (χ3n) is 7.02. The number of nitrogens with zero attached hydrogens (tertiary/aromatic N) is 5. The zero-order chi connectivity index (χ0) is 39.5. The highest BCUT2D eigenvalue weighted by Crippen LogP contribution is 2.23. The number of thiazole rings is 2. The Morgan fingerprint density at radius 1 is 0.923 bits per heavy atom. The molecule has 2 aromatic rings. The Kier molecular flexibility index (Phi) is 12.3. The molecular weight excluding hydrogens is 757 g/mol. The summed E-state index contributed by atoms with van der Waals surface area (Å²) in [6, 6.07) is -6.20. The zero-order valence-electron chi connectivity index (χ0n) is 28.0. The normalized spacial score (nSPS) is 18.1. The van der Waals surface area contributed by atoms with Crippen molar-refractivity contribution in [1.29, 1.82) is 0 Å². The number of carboxylic acid groups (broad SMARTS) is 2. The van der Waals surface area contributed by atoms with Gasteiger partial charge in [0.2, 0.25) is 11.2 Å². The second kappa shape index (κ2) is 15.5. The number of hydrogen-bond donors (Lipinski definition) is 8. The van der Waals surface area contributed by atoms with Gasteiger partial charge in [-0.1, -0.05) is 10.3 Å². The monoisotopic (exact) mass is 790 g/mol. The molecule has 0 aliphatic carbocycles. The summed E-state index contributed by atoms with van der Waals surface area (Å²) < 4.78 is 34.5. The lowest BCUT2D eigenvalue weighted by atomic mass is 9.93. The van der Waals surface area contributed by atoms with Crippen LogP contribution in [-0.4, -0.2) is 120 Å². The first-order valence-electron chi connectivity index (χ1n) is 14.5. The topological polar surface area (TPSA) is 358 Å². The van der Waals surface area contributed by atoms with Crippen molar-refractivity contribution in [2.24, 2.45) is 10.3 Å². The standard InChI is InChI=1S/C26H34N10O13S3/c1-9(35-52(45,46)47)13(31-17(37)15(11-7-50-23(27)29-11)33-48-25(3,4)21(41)42)19(39)36-10(2)14(20(36)40)32-18(38)16(12-8-51-24(28)30-12)34-49-26(5,6)22(43)44/h7-10,13-14,35H,1-6H3,(H2,27,29)(H2,28,30)(H,31,37)(H,32,38)(H,41,42)(H,43,44)(H,45,46,47)/b33-15-,34-16-/t9-,10-,13-,14-/m0/s1. The Morgan fingerprint density at radius 2 is 1.37 bits per heavy atom. The van der Waals surface area contributed by atoms with E-state index in [0.29, 0.717) is 4.90 Å². The summed E-state index contributed by atoms with van der Waals surface area (Å²) in [5.74, 6) is -7.51. The van der Waals surface area contributed by atoms with Crippen molar-refractivity contribution < 1.29 is 61.6 Å². The summed E-state index contributed by atoms with van der Waals surface area (Å²) >= 11 is 1.78. The van der Waals surface area contributed by atoms with Crippen molar-refractivity contribution in [3.63, 3.8) is 0 Å². The molecule has 10 N–H and O–H groups in total. The van der Waals surface area contributed by atoms with Crippen molar-refractivity contribution in [3.8, 4) is 0 Å². The second-order valence-electron chi connectivity index (χ2n) is 11.9. The van der Waals surface area contributed by atoms with Gasteiger partial charge in [0, 0.05) is 10.8 Å². The van der Waals surface area contributed by atoms with E-state index >= 15 is 0 Å². The molecule has 52 heavy (non-hydrogen) atoms. The van der Waals surface area contributed by atoms with E-state index in [1.165, 1.54) is 17.7 Å². The van der Waals surface area contributed by atoms with Crippen molar-refractivity contribution in [3.05, 3.63) is 22.1 Å². The third-order valence-corrected chi connectivity index (χ3v) is 9.04. The van der Waals surface area contributed by atoms with E-state index in [9.17, 15) is 52.0 Å². The summed E-state index contributed by atoms with van der Waals surface area (Å²) in [5, 5.41) is 33.1. The zero-order valence-corrected chi connectivity index (χ0v) is 30.5. The molecule has 0 bridgehead atoms. The van der Waals surface area contributed by atoms with E-state index in [1.807, 2.05) is 0 Å².